The number of aromatic nitrogens is 2. The van der Waals surface area contributed by atoms with E-state index < -0.39 is 0 Å². The Morgan fingerprint density at radius 3 is 2.42 bits per heavy atom. The lowest BCUT2D eigenvalue weighted by Gasteiger charge is -2.39. The average Bonchev–Trinajstić information content (AvgIpc) is 3.12. The monoisotopic (exact) mass is 370 g/mol. The summed E-state index contributed by atoms with van der Waals surface area (Å²) in [6, 6.07) is 6.19. The Hall–Kier alpha value is -1.22. The first-order chi connectivity index (χ1) is 12.4. The fourth-order valence-corrected chi connectivity index (χ4v) is 5.68. The van der Waals surface area contributed by atoms with Crippen LogP contribution in [0.1, 0.15) is 81.8 Å². The highest BCUT2D eigenvalue weighted by molar-refractivity contribution is 7.11. The highest BCUT2D eigenvalue weighted by Crippen LogP contribution is 2.45. The topological polar surface area (TPSA) is 25.8 Å². The summed E-state index contributed by atoms with van der Waals surface area (Å²) in [6.07, 6.45) is 10.5. The van der Waals surface area contributed by atoms with Crippen LogP contribution in [0.4, 0.5) is 0 Å². The Bertz CT molecular complexity index is 681. The van der Waals surface area contributed by atoms with Gasteiger partial charge in [0.05, 0.1) is 5.01 Å². The predicted octanol–water partition coefficient (Wildman–Crippen LogP) is 6.62. The molecule has 0 radical (unpaired) electrons. The maximum absolute atomic E-state index is 4.86. The van der Waals surface area contributed by atoms with E-state index in [4.69, 9.17) is 4.98 Å². The van der Waals surface area contributed by atoms with Crippen LogP contribution in [0.2, 0.25) is 0 Å². The summed E-state index contributed by atoms with van der Waals surface area (Å²) in [5, 5.41) is 1.33. The lowest BCUT2D eigenvalue weighted by atomic mass is 9.67. The minimum atomic E-state index is 0.194. The summed E-state index contributed by atoms with van der Waals surface area (Å²) in [5.74, 6) is 2.96. The van der Waals surface area contributed by atoms with Gasteiger partial charge in [-0.15, -0.1) is 11.3 Å². The van der Waals surface area contributed by atoms with E-state index in [9.17, 15) is 0 Å². The maximum Gasteiger partial charge on any atom is 0.0986 e. The summed E-state index contributed by atoms with van der Waals surface area (Å²) >= 11 is 1.92. The van der Waals surface area contributed by atoms with Gasteiger partial charge < -0.3 is 0 Å². The second-order valence-electron chi connectivity index (χ2n) is 9.07. The largest absolute Gasteiger partial charge is 0.261 e. The Balaban J connectivity index is 1.65. The number of pyridine rings is 1. The van der Waals surface area contributed by atoms with Gasteiger partial charge in [-0.05, 0) is 62.0 Å². The molecule has 0 aliphatic heterocycles. The van der Waals surface area contributed by atoms with Gasteiger partial charge in [0.15, 0.2) is 0 Å². The Labute approximate surface area is 163 Å². The summed E-state index contributed by atoms with van der Waals surface area (Å²) < 4.78 is 0. The quantitative estimate of drug-likeness (QED) is 0.570. The van der Waals surface area contributed by atoms with Crippen LogP contribution in [-0.4, -0.2) is 9.97 Å². The van der Waals surface area contributed by atoms with Crippen molar-refractivity contribution in [3.05, 3.63) is 46.2 Å². The van der Waals surface area contributed by atoms with E-state index in [1.54, 1.807) is 0 Å². The van der Waals surface area contributed by atoms with Crippen molar-refractivity contribution in [2.45, 2.75) is 78.1 Å². The molecule has 1 saturated carbocycles. The van der Waals surface area contributed by atoms with Crippen molar-refractivity contribution in [2.24, 2.45) is 17.8 Å². The van der Waals surface area contributed by atoms with Crippen molar-refractivity contribution in [2.75, 3.05) is 0 Å². The van der Waals surface area contributed by atoms with Crippen LogP contribution in [0.25, 0.3) is 0 Å². The normalized spacial score (nSPS) is 22.5. The Morgan fingerprint density at radius 1 is 1.08 bits per heavy atom. The van der Waals surface area contributed by atoms with Crippen LogP contribution in [0.5, 0.6) is 0 Å². The van der Waals surface area contributed by atoms with Crippen LogP contribution < -0.4 is 0 Å². The molecule has 0 saturated heterocycles. The summed E-state index contributed by atoms with van der Waals surface area (Å²) in [4.78, 5) is 10.8. The van der Waals surface area contributed by atoms with Gasteiger partial charge in [0.25, 0.3) is 0 Å². The minimum absolute atomic E-state index is 0.194. The molecule has 2 nitrogen and oxygen atoms in total. The molecule has 0 N–H and O–H groups in total. The standard InChI is InChI=1S/C23H34N2S/c1-16(2)18-9-11-19(12-10-18)23(4,5)22-25-15-20(26-22)14-17(3)21-8-6-7-13-24-21/h6-8,13,15-19H,9-12,14H2,1-5H3. The molecule has 2 aromatic rings. The highest BCUT2D eigenvalue weighted by Gasteiger charge is 2.37. The molecule has 0 aromatic carbocycles. The van der Waals surface area contributed by atoms with Gasteiger partial charge in [0, 0.05) is 34.3 Å². The van der Waals surface area contributed by atoms with Gasteiger partial charge in [-0.2, -0.15) is 0 Å². The van der Waals surface area contributed by atoms with Crippen LogP contribution >= 0.6 is 11.3 Å². The number of rotatable bonds is 6. The summed E-state index contributed by atoms with van der Waals surface area (Å²) in [5.41, 5.74) is 1.37. The first-order valence-electron chi connectivity index (χ1n) is 10.2. The Kier molecular flexibility index (Phi) is 6.17. The molecule has 26 heavy (non-hydrogen) atoms. The molecule has 142 valence electrons. The van der Waals surface area contributed by atoms with Gasteiger partial charge in [-0.1, -0.05) is 40.7 Å². The Morgan fingerprint density at radius 2 is 1.81 bits per heavy atom. The van der Waals surface area contributed by atoms with Gasteiger partial charge in [-0.3, -0.25) is 4.98 Å². The second kappa shape index (κ2) is 8.21. The van der Waals surface area contributed by atoms with E-state index in [-0.39, 0.29) is 5.41 Å². The predicted molar refractivity (Wildman–Crippen MR) is 112 cm³/mol. The SMILES string of the molecule is CC(Cc1cnc(C(C)(C)C2CCC(C(C)C)CC2)s1)c1ccccn1. The molecule has 1 aliphatic rings. The molecule has 1 unspecified atom stereocenters. The van der Waals surface area contributed by atoms with Crippen molar-refractivity contribution in [1.29, 1.82) is 0 Å². The molecule has 2 heterocycles. The molecule has 2 aromatic heterocycles. The van der Waals surface area contributed by atoms with Crippen molar-refractivity contribution < 1.29 is 0 Å². The van der Waals surface area contributed by atoms with Crippen molar-refractivity contribution in [1.82, 2.24) is 9.97 Å². The van der Waals surface area contributed by atoms with E-state index >= 15 is 0 Å². The van der Waals surface area contributed by atoms with E-state index in [1.165, 1.54) is 41.3 Å². The van der Waals surface area contributed by atoms with Crippen molar-refractivity contribution >= 4 is 11.3 Å². The zero-order valence-electron chi connectivity index (χ0n) is 17.0. The van der Waals surface area contributed by atoms with Gasteiger partial charge in [-0.25, -0.2) is 4.98 Å². The summed E-state index contributed by atoms with van der Waals surface area (Å²) in [7, 11) is 0. The van der Waals surface area contributed by atoms with Crippen LogP contribution in [0.15, 0.2) is 30.6 Å². The molecule has 1 fully saturated rings. The molecule has 3 heteroatoms. The third kappa shape index (κ3) is 4.36. The first-order valence-corrected chi connectivity index (χ1v) is 11.1. The number of thiazole rings is 1. The second-order valence-corrected chi connectivity index (χ2v) is 10.2. The third-order valence-electron chi connectivity index (χ3n) is 6.54. The first kappa shape index (κ1) is 19.5. The summed E-state index contributed by atoms with van der Waals surface area (Å²) in [6.45, 7) is 11.9. The van der Waals surface area contributed by atoms with Gasteiger partial charge >= 0.3 is 0 Å². The fourth-order valence-electron chi connectivity index (χ4n) is 4.46. The van der Waals surface area contributed by atoms with Crippen LogP contribution in [-0.2, 0) is 11.8 Å². The third-order valence-corrected chi connectivity index (χ3v) is 7.90. The fraction of sp³-hybridized carbons (Fsp3) is 0.652. The van der Waals surface area contributed by atoms with Crippen molar-refractivity contribution in [3.63, 3.8) is 0 Å². The molecule has 1 aliphatic carbocycles. The number of nitrogens with zero attached hydrogens (tertiary/aromatic N) is 2. The molecular weight excluding hydrogens is 336 g/mol. The van der Waals surface area contributed by atoms with Gasteiger partial charge in [0.2, 0.25) is 0 Å². The molecular formula is C23H34N2S. The van der Waals surface area contributed by atoms with Gasteiger partial charge in [0.1, 0.15) is 0 Å². The van der Waals surface area contributed by atoms with Crippen LogP contribution in [0.3, 0.4) is 0 Å². The van der Waals surface area contributed by atoms with E-state index in [0.29, 0.717) is 5.92 Å². The molecule has 1 atom stereocenters. The van der Waals surface area contributed by atoms with E-state index in [0.717, 1.165) is 24.2 Å². The van der Waals surface area contributed by atoms with Crippen molar-refractivity contribution in [3.8, 4) is 0 Å². The zero-order valence-corrected chi connectivity index (χ0v) is 17.9. The molecule has 0 amide bonds. The van der Waals surface area contributed by atoms with E-state index in [1.807, 2.05) is 23.6 Å². The minimum Gasteiger partial charge on any atom is -0.261 e. The lowest BCUT2D eigenvalue weighted by molar-refractivity contribution is 0.167. The molecule has 0 bridgehead atoms. The van der Waals surface area contributed by atoms with E-state index in [2.05, 4.69) is 57.9 Å². The average molecular weight is 371 g/mol. The maximum atomic E-state index is 4.86. The molecule has 0 spiro atoms. The lowest BCUT2D eigenvalue weighted by Crippen LogP contribution is -2.33. The molecule has 3 rings (SSSR count). The van der Waals surface area contributed by atoms with Crippen LogP contribution in [0, 0.1) is 17.8 Å². The number of hydrogen-bond acceptors (Lipinski definition) is 3. The smallest absolute Gasteiger partial charge is 0.0986 e. The highest BCUT2D eigenvalue weighted by atomic mass is 32.1. The number of hydrogen-bond donors (Lipinski definition) is 0. The zero-order chi connectivity index (χ0) is 18.7.